The molecule has 0 aliphatic heterocycles. The van der Waals surface area contributed by atoms with Gasteiger partial charge < -0.3 is 32.2 Å². The number of ether oxygens (including phenoxy) is 1. The summed E-state index contributed by atoms with van der Waals surface area (Å²) in [6, 6.07) is 149. The number of aromatic nitrogens is 1. The Morgan fingerprint density at radius 2 is 0.685 bits per heavy atom. The Morgan fingerprint density at radius 1 is 0.254 bits per heavy atom. The van der Waals surface area contributed by atoms with Gasteiger partial charge in [-0.1, -0.05) is 267 Å². The molecule has 5 aromatic heterocycles. The lowest BCUT2D eigenvalue weighted by atomic mass is 9.88. The highest BCUT2D eigenvalue weighted by Crippen LogP contribution is 2.51. The van der Waals surface area contributed by atoms with Crippen LogP contribution >= 0.6 is 0 Å². The molecule has 0 atom stereocenters. The monoisotopic (exact) mass is 1660 g/mol. The van der Waals surface area contributed by atoms with E-state index >= 15 is 0 Å². The second-order valence-electron chi connectivity index (χ2n) is 32.9. The molecule has 0 radical (unpaired) electrons. The maximum atomic E-state index is 7.63. The lowest BCUT2D eigenvalue weighted by Crippen LogP contribution is -2.09. The highest BCUT2D eigenvalue weighted by atomic mass is 16.5. The van der Waals surface area contributed by atoms with Crippen molar-refractivity contribution in [2.45, 2.75) is 0 Å². The van der Waals surface area contributed by atoms with E-state index in [-0.39, 0.29) is 0 Å². The molecule has 26 aromatic rings. The number of benzene rings is 21. The molecule has 9 heteroatoms. The fraction of sp³-hybridized carbons (Fsp3) is 0.00826. The van der Waals surface area contributed by atoms with Crippen molar-refractivity contribution < 1.29 is 22.4 Å². The molecule has 610 valence electrons. The van der Waals surface area contributed by atoms with Crippen LogP contribution in [0.15, 0.2) is 461 Å². The second kappa shape index (κ2) is 31.9. The van der Waals surface area contributed by atoms with E-state index in [4.69, 9.17) is 29.0 Å². The van der Waals surface area contributed by atoms with Crippen molar-refractivity contribution >= 4 is 192 Å². The molecule has 0 N–H and O–H groups in total. The number of rotatable bonds is 12. The predicted octanol–water partition coefficient (Wildman–Crippen LogP) is 34.8. The fourth-order valence-electron chi connectivity index (χ4n) is 19.6. The zero-order valence-electron chi connectivity index (χ0n) is 70.5. The molecule has 0 bridgehead atoms. The number of hydrogen-bond acceptors (Lipinski definition) is 8. The summed E-state index contributed by atoms with van der Waals surface area (Å²) in [5.41, 5.74) is 24.8. The summed E-state index contributed by atoms with van der Waals surface area (Å²) in [5.74, 6) is 0.845. The molecule has 0 fully saturated rings. The van der Waals surface area contributed by atoms with Gasteiger partial charge in [-0.2, -0.15) is 0 Å². The number of fused-ring (bicyclic) bond motifs is 24. The number of nitrogens with zero attached hydrogens (tertiary/aromatic N) is 4. The summed E-state index contributed by atoms with van der Waals surface area (Å²) in [6.07, 6.45) is 5.64. The number of furan rings is 4. The first-order chi connectivity index (χ1) is 64.4. The van der Waals surface area contributed by atoms with Crippen LogP contribution in [0.25, 0.3) is 213 Å². The van der Waals surface area contributed by atoms with Crippen molar-refractivity contribution in [1.29, 1.82) is 0 Å². The zero-order chi connectivity index (χ0) is 86.3. The summed E-state index contributed by atoms with van der Waals surface area (Å²) in [4.78, 5) is 12.7. The topological polar surface area (TPSA) is 85.5 Å². The van der Waals surface area contributed by atoms with Crippen molar-refractivity contribution in [3.05, 3.63) is 455 Å². The Balaban J connectivity index is 0.000000111. The lowest BCUT2D eigenvalue weighted by Gasteiger charge is -2.25. The van der Waals surface area contributed by atoms with Crippen LogP contribution in [-0.2, 0) is 0 Å². The molecule has 9 nitrogen and oxygen atoms in total. The largest absolute Gasteiger partial charge is 0.497 e. The molecule has 26 rings (SSSR count). The average Bonchev–Trinajstić information content (AvgIpc) is 1.52. The number of hydrogen-bond donors (Lipinski definition) is 0. The van der Waals surface area contributed by atoms with Gasteiger partial charge in [-0.25, -0.2) is 4.85 Å². The van der Waals surface area contributed by atoms with Crippen LogP contribution in [0.2, 0.25) is 0 Å². The molecule has 0 saturated heterocycles. The van der Waals surface area contributed by atoms with Crippen LogP contribution < -0.4 is 14.5 Å². The van der Waals surface area contributed by atoms with Gasteiger partial charge in [0.15, 0.2) is 5.69 Å². The SMILES string of the molecule is COc1ccc(-c2cc3cccc(-c4cccnc4)c3c3c2ccc2c4ccccc4oc23)cc1.[C-]#[N+]c1ccc2cc(-c3ccc(N(c4ccccc4)c4ccccc4)cc3)c3ccc4c5ccccc5oc4c3c2c1.c1ccc(N(c2ccccc2)c2ccc(-c3cc4c(-c5coc6ccccc56)cccc4c4c3ccc3c5ccc6ccccc6c5oc34)cc2)cc1. The molecule has 21 aromatic carbocycles. The third-order valence-electron chi connectivity index (χ3n) is 25.6. The Bertz CT molecular complexity index is 8870. The molecule has 5 heterocycles. The van der Waals surface area contributed by atoms with E-state index in [1.807, 2.05) is 110 Å². The molecular weight excluding hydrogens is 1590 g/mol. The summed E-state index contributed by atoms with van der Waals surface area (Å²) in [6.45, 7) is 7.63. The van der Waals surface area contributed by atoms with Gasteiger partial charge in [0.25, 0.3) is 0 Å². The van der Waals surface area contributed by atoms with Crippen molar-refractivity contribution in [2.75, 3.05) is 16.9 Å². The van der Waals surface area contributed by atoms with Gasteiger partial charge in [0, 0.05) is 122 Å². The van der Waals surface area contributed by atoms with Gasteiger partial charge in [-0.15, -0.1) is 0 Å². The van der Waals surface area contributed by atoms with Gasteiger partial charge in [0.1, 0.15) is 44.8 Å². The summed E-state index contributed by atoms with van der Waals surface area (Å²) in [5, 5.41) is 23.5. The van der Waals surface area contributed by atoms with E-state index in [0.717, 1.165) is 231 Å². The molecule has 130 heavy (non-hydrogen) atoms. The maximum Gasteiger partial charge on any atom is 0.187 e. The van der Waals surface area contributed by atoms with E-state index in [0.29, 0.717) is 5.69 Å². The minimum atomic E-state index is 0.621. The normalized spacial score (nSPS) is 11.6. The van der Waals surface area contributed by atoms with E-state index in [2.05, 4.69) is 353 Å². The first kappa shape index (κ1) is 76.1. The van der Waals surface area contributed by atoms with Crippen molar-refractivity contribution in [3.8, 4) is 61.4 Å². The van der Waals surface area contributed by atoms with Crippen LogP contribution in [0.4, 0.5) is 39.8 Å². The van der Waals surface area contributed by atoms with Crippen LogP contribution in [0, 0.1) is 6.57 Å². The molecule has 0 saturated carbocycles. The Morgan fingerprint density at radius 3 is 1.26 bits per heavy atom. The highest BCUT2D eigenvalue weighted by Gasteiger charge is 2.25. The molecule has 0 amide bonds. The first-order valence-corrected chi connectivity index (χ1v) is 43.6. The highest BCUT2D eigenvalue weighted by molar-refractivity contribution is 6.32. The quantitative estimate of drug-likeness (QED) is 0.0883. The Kier molecular flexibility index (Phi) is 18.7. The minimum absolute atomic E-state index is 0.621. The minimum Gasteiger partial charge on any atom is -0.497 e. The summed E-state index contributed by atoms with van der Waals surface area (Å²) >= 11 is 0. The first-order valence-electron chi connectivity index (χ1n) is 43.6. The van der Waals surface area contributed by atoms with E-state index in [1.54, 1.807) is 7.11 Å². The van der Waals surface area contributed by atoms with E-state index < -0.39 is 0 Å². The molecule has 0 aliphatic carbocycles. The number of methoxy groups -OCH3 is 1. The van der Waals surface area contributed by atoms with Crippen LogP contribution in [0.1, 0.15) is 0 Å². The van der Waals surface area contributed by atoms with Gasteiger partial charge in [-0.3, -0.25) is 4.98 Å². The van der Waals surface area contributed by atoms with Gasteiger partial charge in [-0.05, 0) is 251 Å². The third kappa shape index (κ3) is 13.0. The van der Waals surface area contributed by atoms with Crippen LogP contribution in [0.5, 0.6) is 5.75 Å². The van der Waals surface area contributed by atoms with Gasteiger partial charge >= 0.3 is 0 Å². The standard InChI is InChI=1S/C50H31NO2.C39H24N2O.C32H21NO2/c1-3-13-34(14-4-1)51(35-15-5-2-6-16-35)36-25-22-33(23-26-36)44-30-45-38(46-31-52-47-21-10-9-18-39(46)47)19-11-20-40(45)48-41(44)28-29-43-42-27-24-32-12-7-8-17-37(32)49(42)53-50(43)48;1-40-28-19-16-27-24-35(33-22-23-34-32-14-8-9-15-37(32)42-39(34)38(33)36(27)25-28)26-17-20-31(21-18-26)41(29-10-4-2-5-11-29)30-12-6-3-7-13-30;1-34-23-13-11-20(12-14-23)28-18-21-6-4-9-24(22-7-5-17-33-19-22)30(21)31-26(28)15-16-27-25-8-2-3-10-29(25)35-32(27)31/h1-31H;2-25H;2-19H,1H3. The maximum absolute atomic E-state index is 7.63. The Labute approximate surface area is 747 Å². The average molecular weight is 1670 g/mol. The summed E-state index contributed by atoms with van der Waals surface area (Å²) < 4.78 is 31.6. The van der Waals surface area contributed by atoms with Crippen LogP contribution in [-0.4, -0.2) is 12.1 Å². The number of pyridine rings is 1. The van der Waals surface area contributed by atoms with E-state index in [9.17, 15) is 0 Å². The third-order valence-corrected chi connectivity index (χ3v) is 25.6. The van der Waals surface area contributed by atoms with Crippen LogP contribution in [0.3, 0.4) is 0 Å². The van der Waals surface area contributed by atoms with Crippen molar-refractivity contribution in [3.63, 3.8) is 0 Å². The molecule has 0 unspecified atom stereocenters. The van der Waals surface area contributed by atoms with Gasteiger partial charge in [0.2, 0.25) is 0 Å². The number of para-hydroxylation sites is 7. The lowest BCUT2D eigenvalue weighted by molar-refractivity contribution is 0.415. The van der Waals surface area contributed by atoms with E-state index in [1.165, 1.54) is 16.3 Å². The van der Waals surface area contributed by atoms with Crippen molar-refractivity contribution in [2.24, 2.45) is 0 Å². The van der Waals surface area contributed by atoms with Gasteiger partial charge in [0.05, 0.1) is 19.9 Å². The molecule has 0 aliphatic rings. The smallest absolute Gasteiger partial charge is 0.187 e. The zero-order valence-corrected chi connectivity index (χ0v) is 70.5. The second-order valence-corrected chi connectivity index (χ2v) is 32.9. The predicted molar refractivity (Wildman–Crippen MR) is 541 cm³/mol. The number of anilines is 6. The van der Waals surface area contributed by atoms with Crippen molar-refractivity contribution in [1.82, 2.24) is 4.98 Å². The summed E-state index contributed by atoms with van der Waals surface area (Å²) in [7, 11) is 1.69. The molecule has 0 spiro atoms. The molecular formula is C121H76N4O5. The fourth-order valence-corrected chi connectivity index (χ4v) is 19.6. The Hall–Kier alpha value is -17.6.